The number of benzene rings is 1. The molecule has 0 spiro atoms. The van der Waals surface area contributed by atoms with E-state index in [-0.39, 0.29) is 17.4 Å². The number of nitrogens with zero attached hydrogens (tertiary/aromatic N) is 3. The summed E-state index contributed by atoms with van der Waals surface area (Å²) < 4.78 is 14.2. The molecule has 0 bridgehead atoms. The van der Waals surface area contributed by atoms with Gasteiger partial charge in [0.15, 0.2) is 0 Å². The molecular formula is C18H16BrFN4O. The molecule has 0 aliphatic carbocycles. The van der Waals surface area contributed by atoms with Crippen molar-refractivity contribution in [2.75, 3.05) is 23.3 Å². The van der Waals surface area contributed by atoms with E-state index in [1.54, 1.807) is 18.3 Å². The van der Waals surface area contributed by atoms with Gasteiger partial charge in [-0.25, -0.2) is 9.37 Å². The van der Waals surface area contributed by atoms with Crippen LogP contribution in [-0.2, 0) is 4.79 Å². The van der Waals surface area contributed by atoms with Crippen molar-refractivity contribution < 1.29 is 9.18 Å². The number of nitrogens with one attached hydrogen (secondary N) is 1. The van der Waals surface area contributed by atoms with E-state index in [9.17, 15) is 14.4 Å². The van der Waals surface area contributed by atoms with Gasteiger partial charge >= 0.3 is 0 Å². The Hall–Kier alpha value is -2.46. The van der Waals surface area contributed by atoms with Crippen molar-refractivity contribution in [3.05, 3.63) is 52.4 Å². The van der Waals surface area contributed by atoms with Crippen LogP contribution in [0, 0.1) is 23.1 Å². The molecule has 5 nitrogen and oxygen atoms in total. The fraction of sp³-hybridized carbons (Fsp3) is 0.278. The second kappa shape index (κ2) is 7.62. The maximum atomic E-state index is 13.3. The van der Waals surface area contributed by atoms with Gasteiger partial charge in [0, 0.05) is 23.8 Å². The van der Waals surface area contributed by atoms with Crippen LogP contribution in [0.3, 0.4) is 0 Å². The average Bonchev–Trinajstić information content (AvgIpc) is 2.63. The Bertz CT molecular complexity index is 819. The minimum Gasteiger partial charge on any atom is -0.370 e. The van der Waals surface area contributed by atoms with Crippen LogP contribution < -0.4 is 10.2 Å². The molecule has 1 aromatic carbocycles. The average molecular weight is 403 g/mol. The summed E-state index contributed by atoms with van der Waals surface area (Å²) in [5.74, 6) is -0.242. The third-order valence-corrected chi connectivity index (χ3v) is 4.66. The first-order valence-corrected chi connectivity index (χ1v) is 8.73. The highest BCUT2D eigenvalue weighted by Gasteiger charge is 2.27. The van der Waals surface area contributed by atoms with Crippen LogP contribution in [0.4, 0.5) is 15.9 Å². The first-order valence-electron chi connectivity index (χ1n) is 7.94. The summed E-state index contributed by atoms with van der Waals surface area (Å²) in [5, 5.41) is 12.1. The van der Waals surface area contributed by atoms with Crippen LogP contribution >= 0.6 is 15.9 Å². The third kappa shape index (κ3) is 4.15. The standard InChI is InChI=1S/C18H16BrFN4O/c19-14-3-6-17(22-10-14)23-18(25)12-2-1-7-24(11-12)16-5-4-15(20)8-13(16)9-21/h3-6,8,10,12H,1-2,7,11H2,(H,22,23,25). The third-order valence-electron chi connectivity index (χ3n) is 4.19. The van der Waals surface area contributed by atoms with Crippen molar-refractivity contribution in [3.63, 3.8) is 0 Å². The van der Waals surface area contributed by atoms with Gasteiger partial charge in [0.2, 0.25) is 5.91 Å². The van der Waals surface area contributed by atoms with Crippen molar-refractivity contribution in [1.29, 1.82) is 5.26 Å². The van der Waals surface area contributed by atoms with Crippen LogP contribution in [0.15, 0.2) is 41.0 Å². The number of carbonyl (C=O) groups excluding carboxylic acids is 1. The fourth-order valence-electron chi connectivity index (χ4n) is 2.96. The molecule has 2 aromatic rings. The van der Waals surface area contributed by atoms with E-state index >= 15 is 0 Å². The first kappa shape index (κ1) is 17.4. The molecule has 1 aliphatic heterocycles. The number of rotatable bonds is 3. The van der Waals surface area contributed by atoms with Crippen LogP contribution in [0.2, 0.25) is 0 Å². The molecule has 1 aliphatic rings. The van der Waals surface area contributed by atoms with Gasteiger partial charge in [0.25, 0.3) is 0 Å². The van der Waals surface area contributed by atoms with E-state index in [4.69, 9.17) is 0 Å². The molecule has 25 heavy (non-hydrogen) atoms. The van der Waals surface area contributed by atoms with Crippen molar-refractivity contribution in [3.8, 4) is 6.07 Å². The number of amides is 1. The Morgan fingerprint density at radius 2 is 2.24 bits per heavy atom. The quantitative estimate of drug-likeness (QED) is 0.849. The van der Waals surface area contributed by atoms with Gasteiger partial charge in [0.1, 0.15) is 17.7 Å². The molecule has 1 unspecified atom stereocenters. The van der Waals surface area contributed by atoms with E-state index in [0.29, 0.717) is 18.1 Å². The van der Waals surface area contributed by atoms with Crippen molar-refractivity contribution in [2.45, 2.75) is 12.8 Å². The van der Waals surface area contributed by atoms with Gasteiger partial charge in [0.05, 0.1) is 17.2 Å². The lowest BCUT2D eigenvalue weighted by Crippen LogP contribution is -2.41. The highest BCUT2D eigenvalue weighted by molar-refractivity contribution is 9.10. The largest absolute Gasteiger partial charge is 0.370 e. The van der Waals surface area contributed by atoms with Gasteiger partial charge in [-0.2, -0.15) is 5.26 Å². The zero-order valence-corrected chi connectivity index (χ0v) is 15.0. The Kier molecular flexibility index (Phi) is 5.29. The van der Waals surface area contributed by atoms with Gasteiger partial charge in [-0.3, -0.25) is 4.79 Å². The number of pyridine rings is 1. The van der Waals surface area contributed by atoms with Crippen molar-refractivity contribution >= 4 is 33.3 Å². The number of aromatic nitrogens is 1. The number of carbonyl (C=O) groups is 1. The Labute approximate surface area is 153 Å². The zero-order chi connectivity index (χ0) is 17.8. The SMILES string of the molecule is N#Cc1cc(F)ccc1N1CCCC(C(=O)Nc2ccc(Br)cn2)C1. The highest BCUT2D eigenvalue weighted by atomic mass is 79.9. The zero-order valence-electron chi connectivity index (χ0n) is 13.4. The minimum atomic E-state index is -0.437. The number of anilines is 2. The summed E-state index contributed by atoms with van der Waals surface area (Å²) in [5.41, 5.74) is 0.957. The van der Waals surface area contributed by atoms with Crippen molar-refractivity contribution in [2.24, 2.45) is 5.92 Å². The molecule has 0 radical (unpaired) electrons. The van der Waals surface area contributed by atoms with Gasteiger partial charge in [-0.15, -0.1) is 0 Å². The molecule has 7 heteroatoms. The lowest BCUT2D eigenvalue weighted by atomic mass is 9.96. The molecule has 1 atom stereocenters. The molecule has 2 heterocycles. The van der Waals surface area contributed by atoms with E-state index in [1.165, 1.54) is 12.1 Å². The number of hydrogen-bond donors (Lipinski definition) is 1. The van der Waals surface area contributed by atoms with Gasteiger partial charge < -0.3 is 10.2 Å². The summed E-state index contributed by atoms with van der Waals surface area (Å²) >= 11 is 3.31. The number of nitriles is 1. The number of piperidine rings is 1. The fourth-order valence-corrected chi connectivity index (χ4v) is 3.20. The minimum absolute atomic E-state index is 0.0971. The molecule has 3 rings (SSSR count). The maximum absolute atomic E-state index is 13.3. The summed E-state index contributed by atoms with van der Waals surface area (Å²) in [6, 6.07) is 9.74. The van der Waals surface area contributed by atoms with E-state index in [1.807, 2.05) is 17.0 Å². The predicted molar refractivity (Wildman–Crippen MR) is 96.6 cm³/mol. The number of halogens is 2. The Morgan fingerprint density at radius 3 is 2.96 bits per heavy atom. The normalized spacial score (nSPS) is 17.0. The highest BCUT2D eigenvalue weighted by Crippen LogP contribution is 2.27. The van der Waals surface area contributed by atoms with Crippen LogP contribution in [0.5, 0.6) is 0 Å². The second-order valence-corrected chi connectivity index (χ2v) is 6.83. The lowest BCUT2D eigenvalue weighted by Gasteiger charge is -2.34. The lowest BCUT2D eigenvalue weighted by molar-refractivity contribution is -0.120. The smallest absolute Gasteiger partial charge is 0.230 e. The Balaban J connectivity index is 1.72. The molecule has 1 N–H and O–H groups in total. The van der Waals surface area contributed by atoms with E-state index in [0.717, 1.165) is 23.9 Å². The van der Waals surface area contributed by atoms with Crippen LogP contribution in [0.1, 0.15) is 18.4 Å². The van der Waals surface area contributed by atoms with E-state index < -0.39 is 5.82 Å². The molecular weight excluding hydrogens is 387 g/mol. The summed E-state index contributed by atoms with van der Waals surface area (Å²) in [7, 11) is 0. The predicted octanol–water partition coefficient (Wildman–Crippen LogP) is 3.71. The van der Waals surface area contributed by atoms with Gasteiger partial charge in [-0.1, -0.05) is 0 Å². The molecule has 1 saturated heterocycles. The summed E-state index contributed by atoms with van der Waals surface area (Å²) in [4.78, 5) is 18.6. The first-order chi connectivity index (χ1) is 12.1. The van der Waals surface area contributed by atoms with Crippen LogP contribution in [0.25, 0.3) is 0 Å². The second-order valence-electron chi connectivity index (χ2n) is 5.91. The summed E-state index contributed by atoms with van der Waals surface area (Å²) in [6.07, 6.45) is 3.22. The molecule has 1 aromatic heterocycles. The van der Waals surface area contributed by atoms with Crippen LogP contribution in [-0.4, -0.2) is 24.0 Å². The maximum Gasteiger partial charge on any atom is 0.230 e. The Morgan fingerprint density at radius 1 is 1.40 bits per heavy atom. The van der Waals surface area contributed by atoms with Gasteiger partial charge in [-0.05, 0) is 59.1 Å². The van der Waals surface area contributed by atoms with Crippen molar-refractivity contribution in [1.82, 2.24) is 4.98 Å². The molecule has 1 amide bonds. The van der Waals surface area contributed by atoms with E-state index in [2.05, 4.69) is 26.2 Å². The topological polar surface area (TPSA) is 69.0 Å². The monoisotopic (exact) mass is 402 g/mol. The summed E-state index contributed by atoms with van der Waals surface area (Å²) in [6.45, 7) is 1.23. The number of hydrogen-bond acceptors (Lipinski definition) is 4. The molecule has 1 fully saturated rings. The molecule has 128 valence electrons. The molecule has 0 saturated carbocycles.